The summed E-state index contributed by atoms with van der Waals surface area (Å²) >= 11 is 0. The summed E-state index contributed by atoms with van der Waals surface area (Å²) in [5.74, 6) is 2.27. The molecule has 2 aromatic rings. The smallest absolute Gasteiger partial charge is 0.191 e. The van der Waals surface area contributed by atoms with Crippen LogP contribution in [-0.2, 0) is 0 Å². The molecule has 0 amide bonds. The van der Waals surface area contributed by atoms with Crippen molar-refractivity contribution < 1.29 is 14.3 Å². The van der Waals surface area contributed by atoms with Gasteiger partial charge in [-0.3, -0.25) is 4.99 Å². The van der Waals surface area contributed by atoms with E-state index in [2.05, 4.69) is 15.6 Å². The zero-order valence-electron chi connectivity index (χ0n) is 17.0. The minimum Gasteiger partial charge on any atom is -0.490 e. The Balaban J connectivity index is 0.00000280. The molecule has 156 valence electrons. The molecule has 0 aliphatic heterocycles. The highest BCUT2D eigenvalue weighted by atomic mass is 127. The van der Waals surface area contributed by atoms with Crippen molar-refractivity contribution >= 4 is 40.9 Å². The Morgan fingerprint density at radius 3 is 2.75 bits per heavy atom. The van der Waals surface area contributed by atoms with Crippen molar-refractivity contribution in [2.75, 3.05) is 19.7 Å². The van der Waals surface area contributed by atoms with Crippen molar-refractivity contribution in [2.45, 2.75) is 58.1 Å². The van der Waals surface area contributed by atoms with Crippen LogP contribution in [-0.4, -0.2) is 36.4 Å². The first kappa shape index (κ1) is 22.8. The molecular weight excluding hydrogens is 469 g/mol. The van der Waals surface area contributed by atoms with Gasteiger partial charge in [-0.2, -0.15) is 0 Å². The highest BCUT2D eigenvalue weighted by molar-refractivity contribution is 14.0. The van der Waals surface area contributed by atoms with Crippen LogP contribution in [0.3, 0.4) is 0 Å². The Morgan fingerprint density at radius 1 is 1.32 bits per heavy atom. The van der Waals surface area contributed by atoms with E-state index in [-0.39, 0.29) is 30.0 Å². The molecule has 1 atom stereocenters. The Labute approximate surface area is 184 Å². The number of fused-ring (bicyclic) bond motifs is 1. The minimum atomic E-state index is -0.655. The van der Waals surface area contributed by atoms with Gasteiger partial charge in [-0.1, -0.05) is 25.0 Å². The van der Waals surface area contributed by atoms with Gasteiger partial charge < -0.3 is 24.9 Å². The second-order valence-corrected chi connectivity index (χ2v) is 7.25. The Kier molecular flexibility index (Phi) is 8.42. The van der Waals surface area contributed by atoms with E-state index in [1.54, 1.807) is 0 Å². The molecule has 1 aromatic carbocycles. The number of para-hydroxylation sites is 1. The summed E-state index contributed by atoms with van der Waals surface area (Å²) in [6.07, 6.45) is 3.81. The molecule has 0 spiro atoms. The van der Waals surface area contributed by atoms with Gasteiger partial charge in [0.2, 0.25) is 0 Å². The van der Waals surface area contributed by atoms with E-state index in [4.69, 9.17) is 9.15 Å². The van der Waals surface area contributed by atoms with Crippen LogP contribution in [0.5, 0.6) is 5.75 Å². The first-order valence-corrected chi connectivity index (χ1v) is 9.97. The third-order valence-electron chi connectivity index (χ3n) is 5.02. The maximum absolute atomic E-state index is 10.5. The van der Waals surface area contributed by atoms with Crippen molar-refractivity contribution in [1.82, 2.24) is 10.6 Å². The molecule has 1 saturated carbocycles. The monoisotopic (exact) mass is 501 g/mol. The lowest BCUT2D eigenvalue weighted by Gasteiger charge is -2.21. The topological polar surface area (TPSA) is 79.0 Å². The highest BCUT2D eigenvalue weighted by Crippen LogP contribution is 2.31. The molecule has 3 rings (SSSR count). The second kappa shape index (κ2) is 10.3. The highest BCUT2D eigenvalue weighted by Gasteiger charge is 2.30. The van der Waals surface area contributed by atoms with Gasteiger partial charge in [0.15, 0.2) is 17.3 Å². The number of benzene rings is 1. The zero-order valence-corrected chi connectivity index (χ0v) is 19.3. The molecular formula is C21H32IN3O3. The van der Waals surface area contributed by atoms with E-state index < -0.39 is 5.60 Å². The summed E-state index contributed by atoms with van der Waals surface area (Å²) in [4.78, 5) is 4.61. The van der Waals surface area contributed by atoms with Crippen molar-refractivity contribution in [3.63, 3.8) is 0 Å². The van der Waals surface area contributed by atoms with E-state index in [1.807, 2.05) is 45.0 Å². The number of halogens is 1. The SMILES string of the molecule is CCNC(=NCC1(O)CCCC1)NC(C)c1cc2cccc(OCC)c2o1.I. The molecule has 3 N–H and O–H groups in total. The van der Waals surface area contributed by atoms with Gasteiger partial charge in [0.1, 0.15) is 5.76 Å². The summed E-state index contributed by atoms with van der Waals surface area (Å²) in [6, 6.07) is 7.88. The Hall–Kier alpha value is -1.48. The number of hydrogen-bond donors (Lipinski definition) is 3. The third kappa shape index (κ3) is 5.53. The Morgan fingerprint density at radius 2 is 2.07 bits per heavy atom. The molecule has 28 heavy (non-hydrogen) atoms. The standard InChI is InChI=1S/C21H31N3O3.HI/c1-4-22-20(23-14-21(25)11-6-7-12-21)24-15(3)18-13-16-9-8-10-17(26-5-2)19(16)27-18;/h8-10,13,15,25H,4-7,11-12,14H2,1-3H3,(H2,22,23,24);1H. The van der Waals surface area contributed by atoms with Crippen LogP contribution >= 0.6 is 24.0 Å². The van der Waals surface area contributed by atoms with Crippen LogP contribution in [0.4, 0.5) is 0 Å². The summed E-state index contributed by atoms with van der Waals surface area (Å²) in [5.41, 5.74) is 0.113. The maximum Gasteiger partial charge on any atom is 0.191 e. The van der Waals surface area contributed by atoms with Gasteiger partial charge in [0.05, 0.1) is 24.8 Å². The predicted octanol–water partition coefficient (Wildman–Crippen LogP) is 4.37. The number of nitrogens with zero attached hydrogens (tertiary/aromatic N) is 1. The summed E-state index contributed by atoms with van der Waals surface area (Å²) in [5, 5.41) is 18.2. The van der Waals surface area contributed by atoms with Crippen LogP contribution in [0.2, 0.25) is 0 Å². The molecule has 1 unspecified atom stereocenters. The molecule has 0 radical (unpaired) electrons. The van der Waals surface area contributed by atoms with Crippen LogP contribution < -0.4 is 15.4 Å². The molecule has 1 aromatic heterocycles. The second-order valence-electron chi connectivity index (χ2n) is 7.25. The number of ether oxygens (including phenoxy) is 1. The van der Waals surface area contributed by atoms with E-state index in [9.17, 15) is 5.11 Å². The number of nitrogens with one attached hydrogen (secondary N) is 2. The molecule has 1 heterocycles. The predicted molar refractivity (Wildman–Crippen MR) is 124 cm³/mol. The van der Waals surface area contributed by atoms with Crippen LogP contribution in [0.1, 0.15) is 58.3 Å². The number of rotatable bonds is 7. The molecule has 0 bridgehead atoms. The largest absolute Gasteiger partial charge is 0.490 e. The first-order valence-electron chi connectivity index (χ1n) is 9.97. The Bertz CT molecular complexity index is 784. The lowest BCUT2D eigenvalue weighted by molar-refractivity contribution is 0.0574. The fourth-order valence-corrected chi connectivity index (χ4v) is 3.55. The third-order valence-corrected chi connectivity index (χ3v) is 5.02. The first-order chi connectivity index (χ1) is 13.0. The molecule has 6 nitrogen and oxygen atoms in total. The lowest BCUT2D eigenvalue weighted by atomic mass is 10.0. The van der Waals surface area contributed by atoms with Crippen molar-refractivity contribution in [1.29, 1.82) is 0 Å². The average molecular weight is 501 g/mol. The fourth-order valence-electron chi connectivity index (χ4n) is 3.55. The van der Waals surface area contributed by atoms with E-state index in [1.165, 1.54) is 0 Å². The summed E-state index contributed by atoms with van der Waals surface area (Å²) < 4.78 is 11.7. The molecule has 7 heteroatoms. The number of hydrogen-bond acceptors (Lipinski definition) is 4. The molecule has 1 aliphatic rings. The average Bonchev–Trinajstić information content (AvgIpc) is 3.28. The van der Waals surface area contributed by atoms with E-state index >= 15 is 0 Å². The number of guanidine groups is 1. The molecule has 0 saturated heterocycles. The minimum absolute atomic E-state index is 0. The fraction of sp³-hybridized carbons (Fsp3) is 0.571. The maximum atomic E-state index is 10.5. The number of furan rings is 1. The van der Waals surface area contributed by atoms with Crippen molar-refractivity contribution in [2.24, 2.45) is 4.99 Å². The van der Waals surface area contributed by atoms with Gasteiger partial charge in [-0.25, -0.2) is 0 Å². The van der Waals surface area contributed by atoms with E-state index in [0.717, 1.165) is 54.7 Å². The zero-order chi connectivity index (χ0) is 19.3. The van der Waals surface area contributed by atoms with Crippen LogP contribution in [0.25, 0.3) is 11.0 Å². The van der Waals surface area contributed by atoms with Crippen molar-refractivity contribution in [3.8, 4) is 5.75 Å². The molecule has 1 aliphatic carbocycles. The molecule has 1 fully saturated rings. The van der Waals surface area contributed by atoms with Gasteiger partial charge >= 0.3 is 0 Å². The summed E-state index contributed by atoms with van der Waals surface area (Å²) in [6.45, 7) is 7.81. The van der Waals surface area contributed by atoms with Gasteiger partial charge in [0.25, 0.3) is 0 Å². The van der Waals surface area contributed by atoms with Gasteiger partial charge in [-0.15, -0.1) is 24.0 Å². The normalized spacial score (nSPS) is 17.2. The lowest BCUT2D eigenvalue weighted by Crippen LogP contribution is -2.40. The quantitative estimate of drug-likeness (QED) is 0.299. The number of aliphatic hydroxyl groups is 1. The van der Waals surface area contributed by atoms with Crippen LogP contribution in [0, 0.1) is 0 Å². The van der Waals surface area contributed by atoms with E-state index in [0.29, 0.717) is 19.1 Å². The van der Waals surface area contributed by atoms with Crippen molar-refractivity contribution in [3.05, 3.63) is 30.0 Å². The number of aliphatic imine (C=N–C) groups is 1. The van der Waals surface area contributed by atoms with Gasteiger partial charge in [0, 0.05) is 11.9 Å². The van der Waals surface area contributed by atoms with Crippen LogP contribution in [0.15, 0.2) is 33.7 Å². The summed E-state index contributed by atoms with van der Waals surface area (Å²) in [7, 11) is 0. The van der Waals surface area contributed by atoms with Gasteiger partial charge in [-0.05, 0) is 45.7 Å².